The maximum absolute atomic E-state index is 12.9. The van der Waals surface area contributed by atoms with Crippen molar-refractivity contribution in [3.63, 3.8) is 0 Å². The van der Waals surface area contributed by atoms with E-state index in [9.17, 15) is 9.50 Å². The van der Waals surface area contributed by atoms with Gasteiger partial charge in [0.15, 0.2) is 0 Å². The molecule has 0 radical (unpaired) electrons. The quantitative estimate of drug-likeness (QED) is 0.901. The van der Waals surface area contributed by atoms with Gasteiger partial charge in [0.05, 0.1) is 11.1 Å². The van der Waals surface area contributed by atoms with Crippen LogP contribution in [0.4, 0.5) is 4.39 Å². The Morgan fingerprint density at radius 1 is 1.56 bits per heavy atom. The van der Waals surface area contributed by atoms with Crippen molar-refractivity contribution in [2.24, 2.45) is 5.92 Å². The van der Waals surface area contributed by atoms with Gasteiger partial charge >= 0.3 is 0 Å². The van der Waals surface area contributed by atoms with Crippen LogP contribution in [-0.4, -0.2) is 22.7 Å². The number of thioether (sulfide) groups is 1. The summed E-state index contributed by atoms with van der Waals surface area (Å²) in [7, 11) is 0. The topological polar surface area (TPSA) is 20.2 Å². The third kappa shape index (κ3) is 2.90. The van der Waals surface area contributed by atoms with Crippen LogP contribution in [0.2, 0.25) is 5.02 Å². The van der Waals surface area contributed by atoms with Gasteiger partial charge in [-0.3, -0.25) is 0 Å². The Morgan fingerprint density at radius 2 is 2.38 bits per heavy atom. The van der Waals surface area contributed by atoms with E-state index in [1.165, 1.54) is 6.07 Å². The number of aliphatic hydroxyl groups excluding tert-OH is 1. The van der Waals surface area contributed by atoms with Crippen LogP contribution in [0.5, 0.6) is 0 Å². The van der Waals surface area contributed by atoms with Gasteiger partial charge in [-0.25, -0.2) is 4.39 Å². The minimum Gasteiger partial charge on any atom is -0.392 e. The third-order valence-corrected chi connectivity index (χ3v) is 4.42. The van der Waals surface area contributed by atoms with Crippen LogP contribution in [0.25, 0.3) is 0 Å². The molecule has 2 atom stereocenters. The highest BCUT2D eigenvalue weighted by Crippen LogP contribution is 2.28. The van der Waals surface area contributed by atoms with Crippen LogP contribution in [0.3, 0.4) is 0 Å². The molecule has 88 valence electrons. The summed E-state index contributed by atoms with van der Waals surface area (Å²) in [6.45, 7) is 0. The Balaban J connectivity index is 1.99. The molecule has 4 heteroatoms. The van der Waals surface area contributed by atoms with Crippen molar-refractivity contribution >= 4 is 23.4 Å². The van der Waals surface area contributed by atoms with E-state index in [1.807, 2.05) is 11.8 Å². The summed E-state index contributed by atoms with van der Waals surface area (Å²) >= 11 is 7.58. The molecular formula is C12H14ClFOS. The van der Waals surface area contributed by atoms with E-state index in [2.05, 4.69) is 0 Å². The Kier molecular flexibility index (Phi) is 4.11. The predicted octanol–water partition coefficient (Wildman–Crippen LogP) is 3.14. The van der Waals surface area contributed by atoms with Gasteiger partial charge < -0.3 is 5.11 Å². The Bertz CT molecular complexity index is 366. The second-order valence-electron chi connectivity index (χ2n) is 4.14. The van der Waals surface area contributed by atoms with Gasteiger partial charge in [0.25, 0.3) is 0 Å². The summed E-state index contributed by atoms with van der Waals surface area (Å²) < 4.78 is 12.9. The van der Waals surface area contributed by atoms with E-state index in [4.69, 9.17) is 11.6 Å². The van der Waals surface area contributed by atoms with E-state index in [1.54, 1.807) is 12.1 Å². The molecule has 0 aromatic heterocycles. The first-order chi connectivity index (χ1) is 7.66. The van der Waals surface area contributed by atoms with Gasteiger partial charge in [0, 0.05) is 0 Å². The Hall–Kier alpha value is -0.250. The van der Waals surface area contributed by atoms with E-state index in [-0.39, 0.29) is 11.1 Å². The lowest BCUT2D eigenvalue weighted by Gasteiger charge is -2.17. The molecule has 1 heterocycles. The normalized spacial score (nSPS) is 22.3. The lowest BCUT2D eigenvalue weighted by molar-refractivity contribution is 0.120. The number of hydrogen-bond donors (Lipinski definition) is 1. The van der Waals surface area contributed by atoms with E-state index in [0.717, 1.165) is 23.5 Å². The monoisotopic (exact) mass is 260 g/mol. The Morgan fingerprint density at radius 3 is 3.00 bits per heavy atom. The summed E-state index contributed by atoms with van der Waals surface area (Å²) in [5.74, 6) is 2.12. The first kappa shape index (κ1) is 12.2. The number of rotatable bonds is 3. The van der Waals surface area contributed by atoms with E-state index >= 15 is 0 Å². The molecule has 1 saturated heterocycles. The lowest BCUT2D eigenvalue weighted by atomic mass is 9.96. The van der Waals surface area contributed by atoms with Crippen LogP contribution in [0, 0.1) is 11.7 Å². The minimum absolute atomic E-state index is 0.130. The standard InChI is InChI=1S/C12H14ClFOS/c13-10-5-8(1-2-11(10)14)6-12(15)9-3-4-16-7-9/h1-2,5,9,12,15H,3-4,6-7H2. The summed E-state index contributed by atoms with van der Waals surface area (Å²) in [5, 5.41) is 10.1. The second-order valence-corrected chi connectivity index (χ2v) is 5.70. The summed E-state index contributed by atoms with van der Waals surface area (Å²) in [5.41, 5.74) is 0.899. The minimum atomic E-state index is -0.406. The molecule has 0 aliphatic carbocycles. The van der Waals surface area contributed by atoms with Crippen LogP contribution < -0.4 is 0 Å². The van der Waals surface area contributed by atoms with Crippen molar-refractivity contribution in [1.29, 1.82) is 0 Å². The summed E-state index contributed by atoms with van der Waals surface area (Å²) in [6.07, 6.45) is 1.29. The molecule has 1 aliphatic heterocycles. The molecule has 0 saturated carbocycles. The molecule has 1 fully saturated rings. The zero-order valence-electron chi connectivity index (χ0n) is 8.83. The maximum atomic E-state index is 12.9. The molecule has 0 bridgehead atoms. The first-order valence-electron chi connectivity index (χ1n) is 5.36. The summed E-state index contributed by atoms with van der Waals surface area (Å²) in [4.78, 5) is 0. The van der Waals surface area contributed by atoms with Crippen LogP contribution in [0.15, 0.2) is 18.2 Å². The van der Waals surface area contributed by atoms with Gasteiger partial charge in [-0.05, 0) is 48.0 Å². The average molecular weight is 261 g/mol. The van der Waals surface area contributed by atoms with E-state index in [0.29, 0.717) is 12.3 Å². The molecule has 2 unspecified atom stereocenters. The number of halogens is 2. The average Bonchev–Trinajstić information content (AvgIpc) is 2.77. The number of aliphatic hydroxyl groups is 1. The van der Waals surface area contributed by atoms with Gasteiger partial charge in [0.1, 0.15) is 5.82 Å². The number of hydrogen-bond acceptors (Lipinski definition) is 2. The molecule has 0 amide bonds. The molecule has 1 nitrogen and oxygen atoms in total. The molecular weight excluding hydrogens is 247 g/mol. The van der Waals surface area contributed by atoms with Gasteiger partial charge in [-0.2, -0.15) is 11.8 Å². The second kappa shape index (κ2) is 5.39. The zero-order chi connectivity index (χ0) is 11.5. The highest BCUT2D eigenvalue weighted by Gasteiger charge is 2.23. The van der Waals surface area contributed by atoms with Crippen molar-refractivity contribution in [1.82, 2.24) is 0 Å². The van der Waals surface area contributed by atoms with Gasteiger partial charge in [-0.1, -0.05) is 17.7 Å². The molecule has 1 aliphatic rings. The van der Waals surface area contributed by atoms with Crippen LogP contribution >= 0.6 is 23.4 Å². The van der Waals surface area contributed by atoms with Crippen molar-refractivity contribution in [3.8, 4) is 0 Å². The Labute approximate surface area is 104 Å². The van der Waals surface area contributed by atoms with Gasteiger partial charge in [0.2, 0.25) is 0 Å². The smallest absolute Gasteiger partial charge is 0.141 e. The fourth-order valence-electron chi connectivity index (χ4n) is 1.93. The lowest BCUT2D eigenvalue weighted by Crippen LogP contribution is -2.22. The zero-order valence-corrected chi connectivity index (χ0v) is 10.4. The molecule has 0 spiro atoms. The van der Waals surface area contributed by atoms with Crippen molar-refractivity contribution < 1.29 is 9.50 Å². The fraction of sp³-hybridized carbons (Fsp3) is 0.500. The van der Waals surface area contributed by atoms with Crippen molar-refractivity contribution in [3.05, 3.63) is 34.6 Å². The SMILES string of the molecule is OC(Cc1ccc(F)c(Cl)c1)C1CCSC1. The third-order valence-electron chi connectivity index (χ3n) is 2.94. The highest BCUT2D eigenvalue weighted by molar-refractivity contribution is 7.99. The fourth-order valence-corrected chi connectivity index (χ4v) is 3.46. The number of benzene rings is 1. The maximum Gasteiger partial charge on any atom is 0.141 e. The van der Waals surface area contributed by atoms with Crippen molar-refractivity contribution in [2.75, 3.05) is 11.5 Å². The largest absolute Gasteiger partial charge is 0.392 e. The predicted molar refractivity (Wildman–Crippen MR) is 66.6 cm³/mol. The van der Waals surface area contributed by atoms with Crippen LogP contribution in [0.1, 0.15) is 12.0 Å². The van der Waals surface area contributed by atoms with Gasteiger partial charge in [-0.15, -0.1) is 0 Å². The molecule has 16 heavy (non-hydrogen) atoms. The molecule has 1 aromatic carbocycles. The van der Waals surface area contributed by atoms with Crippen molar-refractivity contribution in [2.45, 2.75) is 18.9 Å². The highest BCUT2D eigenvalue weighted by atomic mass is 35.5. The molecule has 2 rings (SSSR count). The summed E-state index contributed by atoms with van der Waals surface area (Å²) in [6, 6.07) is 4.64. The van der Waals surface area contributed by atoms with E-state index < -0.39 is 5.82 Å². The molecule has 1 aromatic rings. The molecule has 1 N–H and O–H groups in total. The first-order valence-corrected chi connectivity index (χ1v) is 6.90. The van der Waals surface area contributed by atoms with Crippen LogP contribution in [-0.2, 0) is 6.42 Å².